The van der Waals surface area contributed by atoms with Crippen molar-refractivity contribution in [2.45, 2.75) is 12.7 Å². The number of nitrogens with zero attached hydrogens (tertiary/aromatic N) is 1. The molecular weight excluding hydrogens is 347 g/mol. The number of nitrogens with one attached hydrogen (secondary N) is 1. The van der Waals surface area contributed by atoms with Gasteiger partial charge < -0.3 is 15.6 Å². The zero-order valence-electron chi connectivity index (χ0n) is 13.4. The molecule has 0 fully saturated rings. The van der Waals surface area contributed by atoms with Gasteiger partial charge in [-0.3, -0.25) is 9.59 Å². The molecule has 26 heavy (non-hydrogen) atoms. The average Bonchev–Trinajstić information content (AvgIpc) is 2.57. The number of pyridine rings is 1. The fourth-order valence-corrected chi connectivity index (χ4v) is 2.61. The molecule has 1 amide bonds. The van der Waals surface area contributed by atoms with Gasteiger partial charge in [0.15, 0.2) is 0 Å². The molecule has 3 N–H and O–H groups in total. The number of fused-ring (bicyclic) bond motifs is 1. The third-order valence-corrected chi connectivity index (χ3v) is 3.83. The summed E-state index contributed by atoms with van der Waals surface area (Å²) in [6, 6.07) is 10.9. The van der Waals surface area contributed by atoms with Gasteiger partial charge in [0.25, 0.3) is 5.56 Å². The number of halogens is 3. The Morgan fingerprint density at radius 2 is 1.85 bits per heavy atom. The topological polar surface area (TPSA) is 77.1 Å². The molecule has 3 aromatic rings. The smallest absolute Gasteiger partial charge is 0.398 e. The van der Waals surface area contributed by atoms with Crippen molar-refractivity contribution in [3.8, 4) is 0 Å². The van der Waals surface area contributed by atoms with Crippen LogP contribution in [-0.2, 0) is 17.5 Å². The number of carbonyl (C=O) groups is 1. The quantitative estimate of drug-likeness (QED) is 0.703. The SMILES string of the molecule is Nc1cccc2ccn(CC(=O)Nc3cccc(C(F)(F)F)c3)c(=O)c12. The van der Waals surface area contributed by atoms with E-state index in [1.165, 1.54) is 18.3 Å². The molecule has 0 aliphatic carbocycles. The van der Waals surface area contributed by atoms with Gasteiger partial charge in [-0.05, 0) is 35.7 Å². The van der Waals surface area contributed by atoms with Gasteiger partial charge in [-0.25, -0.2) is 0 Å². The van der Waals surface area contributed by atoms with Gasteiger partial charge in [-0.1, -0.05) is 18.2 Å². The Bertz CT molecular complexity index is 1040. The van der Waals surface area contributed by atoms with Crippen molar-refractivity contribution in [1.29, 1.82) is 0 Å². The Balaban J connectivity index is 1.83. The summed E-state index contributed by atoms with van der Waals surface area (Å²) in [5, 5.41) is 3.30. The maximum Gasteiger partial charge on any atom is 0.416 e. The second-order valence-corrected chi connectivity index (χ2v) is 5.69. The predicted octanol–water partition coefficient (Wildman–Crippen LogP) is 3.24. The van der Waals surface area contributed by atoms with Gasteiger partial charge in [0.05, 0.1) is 10.9 Å². The van der Waals surface area contributed by atoms with Crippen molar-refractivity contribution in [3.05, 3.63) is 70.6 Å². The van der Waals surface area contributed by atoms with Crippen molar-refractivity contribution < 1.29 is 18.0 Å². The van der Waals surface area contributed by atoms with Crippen LogP contribution in [0.2, 0.25) is 0 Å². The molecule has 3 rings (SSSR count). The molecule has 1 aromatic heterocycles. The minimum absolute atomic E-state index is 0.00169. The molecule has 5 nitrogen and oxygen atoms in total. The van der Waals surface area contributed by atoms with Crippen molar-refractivity contribution in [2.75, 3.05) is 11.1 Å². The van der Waals surface area contributed by atoms with Crippen LogP contribution in [0.25, 0.3) is 10.8 Å². The van der Waals surface area contributed by atoms with Crippen molar-refractivity contribution >= 4 is 28.1 Å². The lowest BCUT2D eigenvalue weighted by Gasteiger charge is -2.11. The highest BCUT2D eigenvalue weighted by molar-refractivity contribution is 5.93. The van der Waals surface area contributed by atoms with Gasteiger partial charge >= 0.3 is 6.18 Å². The number of rotatable bonds is 3. The Morgan fingerprint density at radius 1 is 1.12 bits per heavy atom. The summed E-state index contributed by atoms with van der Waals surface area (Å²) >= 11 is 0. The van der Waals surface area contributed by atoms with Crippen LogP contribution in [0.5, 0.6) is 0 Å². The maximum atomic E-state index is 12.7. The largest absolute Gasteiger partial charge is 0.416 e. The molecule has 0 aliphatic rings. The Kier molecular flexibility index (Phi) is 4.41. The molecule has 0 aliphatic heterocycles. The molecule has 8 heteroatoms. The lowest BCUT2D eigenvalue weighted by Crippen LogP contribution is -2.27. The van der Waals surface area contributed by atoms with Crippen molar-refractivity contribution in [1.82, 2.24) is 4.57 Å². The van der Waals surface area contributed by atoms with E-state index in [9.17, 15) is 22.8 Å². The van der Waals surface area contributed by atoms with E-state index in [0.29, 0.717) is 16.5 Å². The molecule has 0 saturated heterocycles. The van der Waals surface area contributed by atoms with E-state index in [0.717, 1.165) is 16.7 Å². The number of alkyl halides is 3. The lowest BCUT2D eigenvalue weighted by atomic mass is 10.1. The van der Waals surface area contributed by atoms with E-state index in [2.05, 4.69) is 5.32 Å². The number of amides is 1. The summed E-state index contributed by atoms with van der Waals surface area (Å²) < 4.78 is 39.3. The van der Waals surface area contributed by atoms with Crippen molar-refractivity contribution in [3.63, 3.8) is 0 Å². The van der Waals surface area contributed by atoms with Gasteiger partial charge in [0.1, 0.15) is 6.54 Å². The fraction of sp³-hybridized carbons (Fsp3) is 0.111. The Hall–Kier alpha value is -3.29. The van der Waals surface area contributed by atoms with Gasteiger partial charge in [0, 0.05) is 17.6 Å². The highest BCUT2D eigenvalue weighted by atomic mass is 19.4. The first-order chi connectivity index (χ1) is 12.3. The van der Waals surface area contributed by atoms with Gasteiger partial charge in [-0.15, -0.1) is 0 Å². The normalized spacial score (nSPS) is 11.5. The summed E-state index contributed by atoms with van der Waals surface area (Å²) in [7, 11) is 0. The molecule has 0 saturated carbocycles. The molecule has 0 radical (unpaired) electrons. The number of anilines is 2. The van der Waals surface area contributed by atoms with Crippen LogP contribution in [0.4, 0.5) is 24.5 Å². The van der Waals surface area contributed by atoms with Crippen LogP contribution in [0.15, 0.2) is 59.5 Å². The van der Waals surface area contributed by atoms with Gasteiger partial charge in [0.2, 0.25) is 5.91 Å². The second kappa shape index (κ2) is 6.55. The third kappa shape index (κ3) is 3.53. The summed E-state index contributed by atoms with van der Waals surface area (Å²) in [6.07, 6.45) is -3.07. The molecule has 0 atom stereocenters. The number of hydrogen-bond acceptors (Lipinski definition) is 3. The van der Waals surface area contributed by atoms with E-state index in [1.807, 2.05) is 0 Å². The summed E-state index contributed by atoms with van der Waals surface area (Å²) in [6.45, 7) is -0.348. The van der Waals surface area contributed by atoms with E-state index in [4.69, 9.17) is 5.73 Å². The highest BCUT2D eigenvalue weighted by Gasteiger charge is 2.30. The van der Waals surface area contributed by atoms with Gasteiger partial charge in [-0.2, -0.15) is 13.2 Å². The number of carbonyl (C=O) groups excluding carboxylic acids is 1. The Labute approximate surface area is 145 Å². The molecule has 134 valence electrons. The fourth-order valence-electron chi connectivity index (χ4n) is 2.61. The van der Waals surface area contributed by atoms with Crippen LogP contribution in [0.3, 0.4) is 0 Å². The van der Waals surface area contributed by atoms with Crippen LogP contribution in [0, 0.1) is 0 Å². The molecular formula is C18H14F3N3O2. The average molecular weight is 361 g/mol. The third-order valence-electron chi connectivity index (χ3n) is 3.83. The number of aromatic nitrogens is 1. The summed E-state index contributed by atoms with van der Waals surface area (Å²) in [4.78, 5) is 24.6. The molecule has 0 unspecified atom stereocenters. The number of hydrogen-bond donors (Lipinski definition) is 2. The first-order valence-corrected chi connectivity index (χ1v) is 7.60. The van der Waals surface area contributed by atoms with Crippen LogP contribution in [-0.4, -0.2) is 10.5 Å². The number of nitrogens with two attached hydrogens (primary N) is 1. The van der Waals surface area contributed by atoms with Crippen molar-refractivity contribution in [2.24, 2.45) is 0 Å². The first-order valence-electron chi connectivity index (χ1n) is 7.60. The maximum absolute atomic E-state index is 12.7. The van der Waals surface area contributed by atoms with Crippen LogP contribution >= 0.6 is 0 Å². The second-order valence-electron chi connectivity index (χ2n) is 5.69. The lowest BCUT2D eigenvalue weighted by molar-refractivity contribution is -0.137. The summed E-state index contributed by atoms with van der Waals surface area (Å²) in [5.41, 5.74) is 4.79. The minimum Gasteiger partial charge on any atom is -0.398 e. The first kappa shape index (κ1) is 17.5. The van der Waals surface area contributed by atoms with Crippen LogP contribution < -0.4 is 16.6 Å². The number of benzene rings is 2. The number of nitrogen functional groups attached to an aromatic ring is 1. The van der Waals surface area contributed by atoms with E-state index in [-0.39, 0.29) is 12.2 Å². The zero-order valence-corrected chi connectivity index (χ0v) is 13.4. The highest BCUT2D eigenvalue weighted by Crippen LogP contribution is 2.30. The minimum atomic E-state index is -4.51. The molecule has 0 bridgehead atoms. The van der Waals surface area contributed by atoms with E-state index >= 15 is 0 Å². The van der Waals surface area contributed by atoms with E-state index in [1.54, 1.807) is 24.3 Å². The molecule has 0 spiro atoms. The molecule has 2 aromatic carbocycles. The monoisotopic (exact) mass is 361 g/mol. The standard InChI is InChI=1S/C18H14F3N3O2/c19-18(20,21)12-4-2-5-13(9-12)23-15(25)10-24-8-7-11-3-1-6-14(22)16(11)17(24)26/h1-9H,10,22H2,(H,23,25). The predicted molar refractivity (Wildman–Crippen MR) is 92.7 cm³/mol. The Morgan fingerprint density at radius 3 is 2.58 bits per heavy atom. The summed E-state index contributed by atoms with van der Waals surface area (Å²) in [5.74, 6) is -0.625. The molecule has 1 heterocycles. The van der Waals surface area contributed by atoms with Crippen LogP contribution in [0.1, 0.15) is 5.56 Å². The van der Waals surface area contributed by atoms with E-state index < -0.39 is 23.2 Å². The zero-order chi connectivity index (χ0) is 18.9.